The number of ketones is 1. The van der Waals surface area contributed by atoms with Crippen LogP contribution in [0.3, 0.4) is 0 Å². The molecule has 0 fully saturated rings. The molecule has 0 bridgehead atoms. The molecule has 7 heteroatoms. The molecule has 0 saturated carbocycles. The Hall–Kier alpha value is -1.78. The van der Waals surface area contributed by atoms with E-state index < -0.39 is 17.6 Å². The number of rotatable bonds is 5. The Kier molecular flexibility index (Phi) is 5.27. The lowest BCUT2D eigenvalue weighted by molar-refractivity contribution is -0.118. The van der Waals surface area contributed by atoms with E-state index in [0.717, 1.165) is 23.5 Å². The molecule has 22 heavy (non-hydrogen) atoms. The Morgan fingerprint density at radius 2 is 2.05 bits per heavy atom. The molecule has 0 N–H and O–H groups in total. The Balaban J connectivity index is 2.39. The first-order valence-electron chi connectivity index (χ1n) is 6.35. The molecule has 1 heterocycles. The van der Waals surface area contributed by atoms with Crippen molar-refractivity contribution >= 4 is 28.9 Å². The number of hydrogen-bond donors (Lipinski definition) is 0. The second-order valence-electron chi connectivity index (χ2n) is 4.51. The first-order chi connectivity index (χ1) is 10.5. The van der Waals surface area contributed by atoms with Gasteiger partial charge in [0.15, 0.2) is 11.7 Å². The summed E-state index contributed by atoms with van der Waals surface area (Å²) in [7, 11) is 0. The van der Waals surface area contributed by atoms with Gasteiger partial charge in [-0.25, -0.2) is 13.8 Å². The monoisotopic (exact) mass is 338 g/mol. The Morgan fingerprint density at radius 1 is 1.41 bits per heavy atom. The van der Waals surface area contributed by atoms with Crippen molar-refractivity contribution in [1.29, 1.82) is 5.26 Å². The van der Waals surface area contributed by atoms with Crippen molar-refractivity contribution in [2.75, 3.05) is 6.26 Å². The van der Waals surface area contributed by atoms with Gasteiger partial charge in [-0.1, -0.05) is 6.07 Å². The smallest absolute Gasteiger partial charge is 0.169 e. The maximum absolute atomic E-state index is 13.8. The summed E-state index contributed by atoms with van der Waals surface area (Å²) < 4.78 is 27.5. The SMILES string of the molecule is CS[C@H](C)C(=O)[C@@H](C#N)c1nc(-c2c(F)cccc2F)cs1. The van der Waals surface area contributed by atoms with Crippen LogP contribution in [0.1, 0.15) is 17.8 Å². The van der Waals surface area contributed by atoms with Gasteiger partial charge in [0, 0.05) is 5.38 Å². The Bertz CT molecular complexity index is 719. The average Bonchev–Trinajstić information content (AvgIpc) is 2.96. The van der Waals surface area contributed by atoms with Crippen molar-refractivity contribution in [2.24, 2.45) is 0 Å². The summed E-state index contributed by atoms with van der Waals surface area (Å²) in [6, 6.07) is 5.47. The minimum absolute atomic E-state index is 0.0976. The number of thiazole rings is 1. The van der Waals surface area contributed by atoms with Crippen LogP contribution in [0.5, 0.6) is 0 Å². The van der Waals surface area contributed by atoms with Crippen LogP contribution in [0.2, 0.25) is 0 Å². The van der Waals surface area contributed by atoms with Crippen molar-refractivity contribution in [1.82, 2.24) is 4.98 Å². The maximum atomic E-state index is 13.8. The number of thioether (sulfide) groups is 1. The lowest BCUT2D eigenvalue weighted by atomic mass is 10.0. The van der Waals surface area contributed by atoms with E-state index in [9.17, 15) is 18.8 Å². The molecule has 0 unspecified atom stereocenters. The quantitative estimate of drug-likeness (QED) is 0.826. The van der Waals surface area contributed by atoms with Gasteiger partial charge in [-0.15, -0.1) is 11.3 Å². The number of benzene rings is 1. The van der Waals surface area contributed by atoms with Crippen LogP contribution in [-0.4, -0.2) is 22.3 Å². The highest BCUT2D eigenvalue weighted by Crippen LogP contribution is 2.31. The third kappa shape index (κ3) is 3.18. The third-order valence-electron chi connectivity index (χ3n) is 3.16. The van der Waals surface area contributed by atoms with Gasteiger partial charge in [0.25, 0.3) is 0 Å². The van der Waals surface area contributed by atoms with Crippen molar-refractivity contribution in [2.45, 2.75) is 18.1 Å². The molecule has 0 saturated heterocycles. The highest BCUT2D eigenvalue weighted by Gasteiger charge is 2.28. The summed E-state index contributed by atoms with van der Waals surface area (Å²) in [5.41, 5.74) is -0.146. The average molecular weight is 338 g/mol. The highest BCUT2D eigenvalue weighted by atomic mass is 32.2. The fourth-order valence-corrected chi connectivity index (χ4v) is 3.10. The lowest BCUT2D eigenvalue weighted by Crippen LogP contribution is -2.20. The van der Waals surface area contributed by atoms with Gasteiger partial charge in [-0.05, 0) is 25.3 Å². The molecule has 3 nitrogen and oxygen atoms in total. The van der Waals surface area contributed by atoms with Gasteiger partial charge in [0.1, 0.15) is 16.6 Å². The molecule has 1 aromatic heterocycles. The van der Waals surface area contributed by atoms with Crippen molar-refractivity contribution < 1.29 is 13.6 Å². The zero-order valence-corrected chi connectivity index (χ0v) is 13.5. The number of Topliss-reactive ketones (excluding diaryl/α,β-unsaturated/α-hetero) is 1. The van der Waals surface area contributed by atoms with E-state index in [-0.39, 0.29) is 27.3 Å². The van der Waals surface area contributed by atoms with Crippen LogP contribution in [0, 0.1) is 23.0 Å². The molecule has 2 atom stereocenters. The van der Waals surface area contributed by atoms with E-state index in [1.807, 2.05) is 6.07 Å². The molecular formula is C15H12F2N2OS2. The summed E-state index contributed by atoms with van der Waals surface area (Å²) in [5, 5.41) is 10.6. The molecule has 0 aliphatic rings. The normalized spacial score (nSPS) is 13.4. The van der Waals surface area contributed by atoms with Crippen LogP contribution < -0.4 is 0 Å². The van der Waals surface area contributed by atoms with Crippen molar-refractivity contribution in [3.05, 3.63) is 40.2 Å². The van der Waals surface area contributed by atoms with E-state index >= 15 is 0 Å². The molecular weight excluding hydrogens is 326 g/mol. The molecule has 0 aliphatic heterocycles. The van der Waals surface area contributed by atoms with E-state index in [4.69, 9.17) is 0 Å². The molecule has 1 aromatic carbocycles. The number of carbonyl (C=O) groups excluding carboxylic acids is 1. The largest absolute Gasteiger partial charge is 0.296 e. The number of carbonyl (C=O) groups is 1. The zero-order valence-electron chi connectivity index (χ0n) is 11.8. The first kappa shape index (κ1) is 16.6. The Morgan fingerprint density at radius 3 is 2.59 bits per heavy atom. The van der Waals surface area contributed by atoms with E-state index in [1.165, 1.54) is 23.2 Å². The summed E-state index contributed by atoms with van der Waals surface area (Å²) >= 11 is 2.39. The van der Waals surface area contributed by atoms with Gasteiger partial charge in [-0.3, -0.25) is 4.79 Å². The number of halogens is 2. The summed E-state index contributed by atoms with van der Waals surface area (Å²) in [6.07, 6.45) is 1.78. The molecule has 0 radical (unpaired) electrons. The minimum Gasteiger partial charge on any atom is -0.296 e. The molecule has 0 aliphatic carbocycles. The summed E-state index contributed by atoms with van der Waals surface area (Å²) in [5.74, 6) is -2.73. The van der Waals surface area contributed by atoms with Gasteiger partial charge in [0.2, 0.25) is 0 Å². The number of nitrogens with zero attached hydrogens (tertiary/aromatic N) is 2. The van der Waals surface area contributed by atoms with E-state index in [0.29, 0.717) is 0 Å². The minimum atomic E-state index is -1.02. The van der Waals surface area contributed by atoms with Crippen LogP contribution in [-0.2, 0) is 4.79 Å². The second kappa shape index (κ2) is 6.99. The lowest BCUT2D eigenvalue weighted by Gasteiger charge is -2.10. The number of hydrogen-bond acceptors (Lipinski definition) is 5. The predicted octanol–water partition coefficient (Wildman–Crippen LogP) is 4.02. The Labute approximate surface area is 135 Å². The summed E-state index contributed by atoms with van der Waals surface area (Å²) in [4.78, 5) is 16.3. The molecule has 0 spiro atoms. The van der Waals surface area contributed by atoms with Gasteiger partial charge >= 0.3 is 0 Å². The molecule has 0 amide bonds. The second-order valence-corrected chi connectivity index (χ2v) is 6.58. The summed E-state index contributed by atoms with van der Waals surface area (Å²) in [6.45, 7) is 1.71. The highest BCUT2D eigenvalue weighted by molar-refractivity contribution is 7.99. The fraction of sp³-hybridized carbons (Fsp3) is 0.267. The van der Waals surface area contributed by atoms with Crippen molar-refractivity contribution in [3.63, 3.8) is 0 Å². The number of aromatic nitrogens is 1. The number of nitriles is 1. The molecule has 2 aromatic rings. The first-order valence-corrected chi connectivity index (χ1v) is 8.52. The predicted molar refractivity (Wildman–Crippen MR) is 83.8 cm³/mol. The van der Waals surface area contributed by atoms with Crippen LogP contribution in [0.4, 0.5) is 8.78 Å². The van der Waals surface area contributed by atoms with Gasteiger partial charge in [-0.2, -0.15) is 17.0 Å². The van der Waals surface area contributed by atoms with Gasteiger partial charge < -0.3 is 0 Å². The van der Waals surface area contributed by atoms with E-state index in [1.54, 1.807) is 13.2 Å². The van der Waals surface area contributed by atoms with Crippen LogP contribution in [0.15, 0.2) is 23.6 Å². The molecule has 114 valence electrons. The van der Waals surface area contributed by atoms with Crippen LogP contribution >= 0.6 is 23.1 Å². The maximum Gasteiger partial charge on any atom is 0.169 e. The standard InChI is InChI=1S/C15H12F2N2OS2/c1-8(21-2)14(20)9(6-18)15-19-12(7-22-15)13-10(16)4-3-5-11(13)17/h3-5,7-9H,1-2H3/t8-,9-/m1/s1. The topological polar surface area (TPSA) is 53.8 Å². The van der Waals surface area contributed by atoms with E-state index in [2.05, 4.69) is 4.98 Å². The third-order valence-corrected chi connectivity index (χ3v) is 5.00. The van der Waals surface area contributed by atoms with Crippen LogP contribution in [0.25, 0.3) is 11.3 Å². The molecule has 2 rings (SSSR count). The van der Waals surface area contributed by atoms with Crippen molar-refractivity contribution in [3.8, 4) is 17.3 Å². The fourth-order valence-electron chi connectivity index (χ4n) is 1.87. The van der Waals surface area contributed by atoms with Gasteiger partial charge in [0.05, 0.1) is 22.6 Å². The zero-order chi connectivity index (χ0) is 16.3.